The van der Waals surface area contributed by atoms with Crippen molar-refractivity contribution in [3.8, 4) is 0 Å². The molecule has 58 heavy (non-hydrogen) atoms. The number of nitrogens with one attached hydrogen (secondary N) is 2. The van der Waals surface area contributed by atoms with Crippen LogP contribution in [0.3, 0.4) is 0 Å². The Morgan fingerprint density at radius 1 is 0.603 bits per heavy atom. The number of carboxylic acids is 3. The van der Waals surface area contributed by atoms with Gasteiger partial charge in [-0.25, -0.2) is 4.79 Å². The molecule has 4 rings (SSSR count). The van der Waals surface area contributed by atoms with E-state index >= 15 is 0 Å². The second-order valence-electron chi connectivity index (χ2n) is 15.2. The predicted octanol–water partition coefficient (Wildman–Crippen LogP) is 2.97. The van der Waals surface area contributed by atoms with E-state index < -0.39 is 54.2 Å². The second kappa shape index (κ2) is 25.6. The third-order valence-electron chi connectivity index (χ3n) is 10.8. The topological polar surface area (TPSA) is 246 Å². The Kier molecular flexibility index (Phi) is 21.1. The summed E-state index contributed by atoms with van der Waals surface area (Å²) in [5.74, 6) is -3.54. The maximum Gasteiger partial charge on any atom is 0.326 e. The highest BCUT2D eigenvalue weighted by Crippen LogP contribution is 2.22. The van der Waals surface area contributed by atoms with Gasteiger partial charge in [-0.2, -0.15) is 0 Å². The molecule has 2 aromatic carbocycles. The van der Waals surface area contributed by atoms with Crippen LogP contribution in [0.25, 0.3) is 0 Å². The van der Waals surface area contributed by atoms with Crippen LogP contribution in [-0.2, 0) is 41.6 Å². The van der Waals surface area contributed by atoms with Crippen molar-refractivity contribution >= 4 is 35.5 Å². The van der Waals surface area contributed by atoms with Crippen LogP contribution >= 0.6 is 0 Å². The predicted molar refractivity (Wildman–Crippen MR) is 220 cm³/mol. The van der Waals surface area contributed by atoms with Crippen molar-refractivity contribution in [1.82, 2.24) is 20.4 Å². The molecule has 0 bridgehead atoms. The quantitative estimate of drug-likeness (QED) is 0.0756. The lowest BCUT2D eigenvalue weighted by Crippen LogP contribution is -2.54. The lowest BCUT2D eigenvalue weighted by Gasteiger charge is -2.30. The molecule has 0 unspecified atom stereocenters. The van der Waals surface area contributed by atoms with E-state index in [4.69, 9.17) is 11.5 Å². The smallest absolute Gasteiger partial charge is 0.326 e. The van der Waals surface area contributed by atoms with Crippen molar-refractivity contribution in [1.29, 1.82) is 0 Å². The third-order valence-corrected chi connectivity index (χ3v) is 10.8. The molecular weight excluding hydrogens is 745 g/mol. The summed E-state index contributed by atoms with van der Waals surface area (Å²) in [4.78, 5) is 76.2. The summed E-state index contributed by atoms with van der Waals surface area (Å²) in [5, 5.41) is 34.8. The molecule has 2 fully saturated rings. The zero-order valence-electron chi connectivity index (χ0n) is 33.8. The van der Waals surface area contributed by atoms with E-state index in [0.29, 0.717) is 90.4 Å². The first-order chi connectivity index (χ1) is 27.9. The van der Waals surface area contributed by atoms with Gasteiger partial charge in [-0.15, -0.1) is 0 Å². The van der Waals surface area contributed by atoms with Crippen LogP contribution in [0.15, 0.2) is 60.7 Å². The van der Waals surface area contributed by atoms with Crippen molar-refractivity contribution < 1.29 is 44.1 Å². The normalized spacial score (nSPS) is 18.4. The molecule has 2 heterocycles. The van der Waals surface area contributed by atoms with Crippen molar-refractivity contribution in [2.75, 3.05) is 26.2 Å². The molecule has 2 aliphatic heterocycles. The molecule has 0 aliphatic carbocycles. The number of aryl methyl sites for hydroxylation is 2. The van der Waals surface area contributed by atoms with Crippen molar-refractivity contribution in [3.63, 3.8) is 0 Å². The zero-order valence-corrected chi connectivity index (χ0v) is 33.8. The minimum Gasteiger partial charge on any atom is -0.480 e. The zero-order chi connectivity index (χ0) is 42.5. The molecular formula is C43H64N6O9. The number of rotatable bonds is 24. The molecule has 0 saturated carbocycles. The van der Waals surface area contributed by atoms with E-state index in [-0.39, 0.29) is 17.6 Å². The number of carbonyl (C=O) groups is 6. The highest BCUT2D eigenvalue weighted by molar-refractivity contribution is 5.91. The number of hydrogen-bond acceptors (Lipinski definition) is 10. The highest BCUT2D eigenvalue weighted by atomic mass is 16.4. The van der Waals surface area contributed by atoms with Crippen LogP contribution in [0.2, 0.25) is 0 Å². The summed E-state index contributed by atoms with van der Waals surface area (Å²) >= 11 is 0. The van der Waals surface area contributed by atoms with Crippen LogP contribution in [-0.4, -0.2) is 123 Å². The minimum absolute atomic E-state index is 0.0181. The number of hydrogen-bond donors (Lipinski definition) is 7. The van der Waals surface area contributed by atoms with Crippen molar-refractivity contribution in [3.05, 3.63) is 71.8 Å². The van der Waals surface area contributed by atoms with E-state index in [0.717, 1.165) is 36.8 Å². The Morgan fingerprint density at radius 2 is 1.00 bits per heavy atom. The molecule has 0 spiro atoms. The molecule has 320 valence electrons. The van der Waals surface area contributed by atoms with Gasteiger partial charge in [-0.3, -0.25) is 34.6 Å². The summed E-state index contributed by atoms with van der Waals surface area (Å²) in [6.45, 7) is 3.44. The lowest BCUT2D eigenvalue weighted by atomic mass is 10.0. The van der Waals surface area contributed by atoms with Gasteiger partial charge < -0.3 is 36.6 Å². The number of aliphatic carboxylic acids is 3. The number of carbonyl (C=O) groups excluding carboxylic acids is 3. The van der Waals surface area contributed by atoms with Gasteiger partial charge in [0.2, 0.25) is 11.8 Å². The van der Waals surface area contributed by atoms with Gasteiger partial charge in [0.25, 0.3) is 0 Å². The molecule has 0 radical (unpaired) electrons. The number of amides is 2. The number of ketones is 1. The number of likely N-dealkylation sites (tertiary alicyclic amines) is 2. The standard InChI is InChI=1S/C22H33N3O4.C21H31N3O5/c1-16(26)20-11-7-15-25(20)21(27)18(10-5-6-14-23)24-19(22(28)29)13-12-17-8-3-2-4-9-17;22-13-5-4-9-16(19(25)24-14-6-10-18(24)21(28)29)23-17(20(26)27)12-11-15-7-2-1-3-8-15/h2-4,8-9,18-20,24H,5-7,10-15,23H2,1H3,(H,28,29);1-3,7-8,16-18,23H,4-6,9-14,22H2,(H,26,27)(H,28,29)/t18-,19-,20-;16-,17-,18-/m00/s1. The fourth-order valence-corrected chi connectivity index (χ4v) is 7.64. The maximum absolute atomic E-state index is 13.2. The van der Waals surface area contributed by atoms with E-state index in [1.165, 1.54) is 11.8 Å². The molecule has 2 saturated heterocycles. The van der Waals surface area contributed by atoms with Gasteiger partial charge in [0.1, 0.15) is 18.1 Å². The molecule has 6 atom stereocenters. The van der Waals surface area contributed by atoms with E-state index in [2.05, 4.69) is 10.6 Å². The third kappa shape index (κ3) is 15.6. The van der Waals surface area contributed by atoms with Gasteiger partial charge in [0.05, 0.1) is 18.1 Å². The van der Waals surface area contributed by atoms with Gasteiger partial charge >= 0.3 is 17.9 Å². The first kappa shape index (κ1) is 47.7. The van der Waals surface area contributed by atoms with Crippen molar-refractivity contribution in [2.24, 2.45) is 11.5 Å². The Bertz CT molecular complexity index is 1480. The number of nitrogens with two attached hydrogens (primary N) is 2. The molecule has 15 nitrogen and oxygen atoms in total. The summed E-state index contributed by atoms with van der Waals surface area (Å²) in [5.41, 5.74) is 13.2. The van der Waals surface area contributed by atoms with Crippen LogP contribution in [0.4, 0.5) is 0 Å². The van der Waals surface area contributed by atoms with Gasteiger partial charge in [0.15, 0.2) is 5.78 Å². The van der Waals surface area contributed by atoms with Gasteiger partial charge in [-0.05, 0) is 108 Å². The number of carboxylic acid groups (broad SMARTS) is 3. The summed E-state index contributed by atoms with van der Waals surface area (Å²) in [7, 11) is 0. The molecule has 0 aromatic heterocycles. The second-order valence-corrected chi connectivity index (χ2v) is 15.2. The number of Topliss-reactive ketones (excluding diaryl/α,β-unsaturated/α-hetero) is 1. The number of benzene rings is 2. The largest absolute Gasteiger partial charge is 0.480 e. The molecule has 2 aromatic rings. The van der Waals surface area contributed by atoms with E-state index in [1.807, 2.05) is 60.7 Å². The van der Waals surface area contributed by atoms with E-state index in [1.54, 1.807) is 4.90 Å². The Morgan fingerprint density at radius 3 is 1.36 bits per heavy atom. The average Bonchev–Trinajstić information content (AvgIpc) is 3.92. The molecule has 2 aliphatic rings. The lowest BCUT2D eigenvalue weighted by molar-refractivity contribution is -0.149. The summed E-state index contributed by atoms with van der Waals surface area (Å²) in [6.07, 6.45) is 8.22. The van der Waals surface area contributed by atoms with Crippen LogP contribution in [0.5, 0.6) is 0 Å². The Labute approximate surface area is 341 Å². The highest BCUT2D eigenvalue weighted by Gasteiger charge is 2.39. The van der Waals surface area contributed by atoms with Crippen LogP contribution in [0, 0.1) is 0 Å². The SMILES string of the molecule is CC(=O)[C@@H]1CCCN1C(=O)[C@H](CCCCN)N[C@@H](CCc1ccccc1)C(=O)O.NCCCC[C@H](N[C@@H](CCc1ccccc1)C(=O)O)C(=O)N1CCC[C@H]1C(=O)O. The average molecular weight is 809 g/mol. The van der Waals surface area contributed by atoms with E-state index in [9.17, 15) is 44.1 Å². The summed E-state index contributed by atoms with van der Waals surface area (Å²) < 4.78 is 0. The number of nitrogens with zero attached hydrogens (tertiary/aromatic N) is 2. The Hall–Kier alpha value is -4.70. The summed E-state index contributed by atoms with van der Waals surface area (Å²) in [6, 6.07) is 14.9. The maximum atomic E-state index is 13.2. The van der Waals surface area contributed by atoms with Gasteiger partial charge in [-0.1, -0.05) is 73.5 Å². The molecule has 15 heteroatoms. The number of unbranched alkanes of at least 4 members (excludes halogenated alkanes) is 2. The fourth-order valence-electron chi connectivity index (χ4n) is 7.64. The fraction of sp³-hybridized carbons (Fsp3) is 0.581. The first-order valence-corrected chi connectivity index (χ1v) is 20.7. The van der Waals surface area contributed by atoms with Crippen molar-refractivity contribution in [2.45, 2.75) is 133 Å². The van der Waals surface area contributed by atoms with Gasteiger partial charge in [0, 0.05) is 13.1 Å². The Balaban J connectivity index is 0.000000310. The van der Waals surface area contributed by atoms with Crippen LogP contribution < -0.4 is 22.1 Å². The minimum atomic E-state index is -1.02. The first-order valence-electron chi connectivity index (χ1n) is 20.7. The molecule has 9 N–H and O–H groups in total. The monoisotopic (exact) mass is 808 g/mol. The van der Waals surface area contributed by atoms with Crippen LogP contribution in [0.1, 0.15) is 95.1 Å². The molecule has 2 amide bonds.